The second-order valence-corrected chi connectivity index (χ2v) is 5.82. The molecule has 0 aliphatic carbocycles. The van der Waals surface area contributed by atoms with E-state index in [1.807, 2.05) is 44.2 Å². The summed E-state index contributed by atoms with van der Waals surface area (Å²) in [4.78, 5) is 27.5. The molecule has 5 heteroatoms. The number of hydrogen-bond acceptors (Lipinski definition) is 3. The average Bonchev–Trinajstić information content (AvgIpc) is 2.55. The lowest BCUT2D eigenvalue weighted by atomic mass is 10.0. The van der Waals surface area contributed by atoms with Gasteiger partial charge < -0.3 is 10.4 Å². The van der Waals surface area contributed by atoms with E-state index in [0.29, 0.717) is 12.8 Å². The highest BCUT2D eigenvalue weighted by Gasteiger charge is 2.18. The summed E-state index contributed by atoms with van der Waals surface area (Å²) in [6.07, 6.45) is 4.63. The highest BCUT2D eigenvalue weighted by Crippen LogP contribution is 2.23. The maximum absolute atomic E-state index is 12.1. The second kappa shape index (κ2) is 8.24. The van der Waals surface area contributed by atoms with E-state index in [1.165, 1.54) is 0 Å². The molecular weight excluding hydrogens is 304 g/mol. The molecule has 0 aliphatic rings. The number of nitrogens with one attached hydrogen (secondary N) is 1. The monoisotopic (exact) mass is 326 g/mol. The van der Waals surface area contributed by atoms with Crippen molar-refractivity contribution in [3.63, 3.8) is 0 Å². The number of pyridine rings is 1. The third-order valence-corrected chi connectivity index (χ3v) is 3.83. The van der Waals surface area contributed by atoms with Crippen LogP contribution in [0.1, 0.15) is 30.9 Å². The van der Waals surface area contributed by atoms with Gasteiger partial charge in [0.1, 0.15) is 6.04 Å². The fourth-order valence-corrected chi connectivity index (χ4v) is 2.61. The molecule has 1 unspecified atom stereocenters. The number of amides is 1. The molecule has 2 N–H and O–H groups in total. The normalized spacial score (nSPS) is 11.8. The molecule has 1 aromatic heterocycles. The molecule has 1 amide bonds. The van der Waals surface area contributed by atoms with Crippen molar-refractivity contribution in [3.8, 4) is 11.1 Å². The van der Waals surface area contributed by atoms with E-state index in [2.05, 4.69) is 10.3 Å². The van der Waals surface area contributed by atoms with Gasteiger partial charge >= 0.3 is 5.97 Å². The Hall–Kier alpha value is -2.69. The first kappa shape index (κ1) is 17.7. The van der Waals surface area contributed by atoms with Gasteiger partial charge in [-0.1, -0.05) is 37.6 Å². The minimum absolute atomic E-state index is 0.111. The highest BCUT2D eigenvalue weighted by molar-refractivity contribution is 5.85. The number of rotatable bonds is 7. The van der Waals surface area contributed by atoms with Crippen molar-refractivity contribution in [2.75, 3.05) is 0 Å². The Morgan fingerprint density at radius 2 is 2.00 bits per heavy atom. The van der Waals surface area contributed by atoms with Crippen molar-refractivity contribution in [1.29, 1.82) is 0 Å². The van der Waals surface area contributed by atoms with Crippen molar-refractivity contribution in [1.82, 2.24) is 10.3 Å². The lowest BCUT2D eigenvalue weighted by molar-refractivity contribution is -0.141. The van der Waals surface area contributed by atoms with Gasteiger partial charge in [0, 0.05) is 18.0 Å². The molecule has 2 aromatic rings. The second-order valence-electron chi connectivity index (χ2n) is 5.82. The Morgan fingerprint density at radius 1 is 1.25 bits per heavy atom. The predicted molar refractivity (Wildman–Crippen MR) is 92.6 cm³/mol. The van der Waals surface area contributed by atoms with Gasteiger partial charge in [0.25, 0.3) is 0 Å². The van der Waals surface area contributed by atoms with Crippen LogP contribution in [0.2, 0.25) is 0 Å². The zero-order chi connectivity index (χ0) is 17.5. The molecule has 0 aliphatic heterocycles. The molecule has 0 saturated heterocycles. The molecule has 2 rings (SSSR count). The Labute approximate surface area is 141 Å². The molecule has 24 heavy (non-hydrogen) atoms. The predicted octanol–water partition coefficient (Wildman–Crippen LogP) is 2.97. The first-order valence-electron chi connectivity index (χ1n) is 8.03. The SMILES string of the molecule is CCCC(NC(=O)Cc1cncc(-c2ccccc2C)c1)C(=O)O. The minimum atomic E-state index is -1.00. The van der Waals surface area contributed by atoms with Crippen molar-refractivity contribution >= 4 is 11.9 Å². The van der Waals surface area contributed by atoms with Crippen LogP contribution in [-0.2, 0) is 16.0 Å². The highest BCUT2D eigenvalue weighted by atomic mass is 16.4. The molecule has 0 saturated carbocycles. The van der Waals surface area contributed by atoms with Gasteiger partial charge in [0.15, 0.2) is 0 Å². The van der Waals surface area contributed by atoms with E-state index < -0.39 is 12.0 Å². The Balaban J connectivity index is 2.11. The van der Waals surface area contributed by atoms with Crippen LogP contribution in [0.5, 0.6) is 0 Å². The van der Waals surface area contributed by atoms with Gasteiger partial charge in [-0.2, -0.15) is 0 Å². The molecule has 5 nitrogen and oxygen atoms in total. The van der Waals surface area contributed by atoms with Gasteiger partial charge in [-0.15, -0.1) is 0 Å². The number of carboxylic acids is 1. The summed E-state index contributed by atoms with van der Waals surface area (Å²) in [6.45, 7) is 3.91. The van der Waals surface area contributed by atoms with E-state index >= 15 is 0 Å². The topological polar surface area (TPSA) is 79.3 Å². The Bertz CT molecular complexity index is 728. The molecule has 1 atom stereocenters. The molecular formula is C19H22N2O3. The van der Waals surface area contributed by atoms with E-state index in [0.717, 1.165) is 22.3 Å². The lowest BCUT2D eigenvalue weighted by Gasteiger charge is -2.13. The van der Waals surface area contributed by atoms with E-state index in [1.54, 1.807) is 12.4 Å². The summed E-state index contributed by atoms with van der Waals surface area (Å²) >= 11 is 0. The first-order chi connectivity index (χ1) is 11.5. The molecule has 1 heterocycles. The smallest absolute Gasteiger partial charge is 0.326 e. The number of carboxylic acid groups (broad SMARTS) is 1. The number of carbonyl (C=O) groups excluding carboxylic acids is 1. The fourth-order valence-electron chi connectivity index (χ4n) is 2.61. The van der Waals surface area contributed by atoms with Crippen molar-refractivity contribution in [2.45, 2.75) is 39.2 Å². The van der Waals surface area contributed by atoms with E-state index in [-0.39, 0.29) is 12.3 Å². The zero-order valence-corrected chi connectivity index (χ0v) is 14.0. The zero-order valence-electron chi connectivity index (χ0n) is 14.0. The molecule has 0 spiro atoms. The first-order valence-corrected chi connectivity index (χ1v) is 8.03. The molecule has 1 aromatic carbocycles. The quantitative estimate of drug-likeness (QED) is 0.820. The minimum Gasteiger partial charge on any atom is -0.480 e. The summed E-state index contributed by atoms with van der Waals surface area (Å²) < 4.78 is 0. The van der Waals surface area contributed by atoms with E-state index in [9.17, 15) is 9.59 Å². The van der Waals surface area contributed by atoms with Gasteiger partial charge in [-0.25, -0.2) is 4.79 Å². The van der Waals surface area contributed by atoms with Gasteiger partial charge in [0.05, 0.1) is 6.42 Å². The summed E-state index contributed by atoms with van der Waals surface area (Å²) in [5.41, 5.74) is 3.91. The third-order valence-electron chi connectivity index (χ3n) is 3.83. The lowest BCUT2D eigenvalue weighted by Crippen LogP contribution is -2.41. The number of hydrogen-bond donors (Lipinski definition) is 2. The Kier molecular flexibility index (Phi) is 6.07. The van der Waals surface area contributed by atoms with Gasteiger partial charge in [-0.05, 0) is 36.1 Å². The van der Waals surface area contributed by atoms with Gasteiger partial charge in [-0.3, -0.25) is 9.78 Å². The summed E-state index contributed by atoms with van der Waals surface area (Å²) in [5, 5.41) is 11.7. The number of nitrogens with zero attached hydrogens (tertiary/aromatic N) is 1. The summed E-state index contributed by atoms with van der Waals surface area (Å²) in [6, 6.07) is 9.06. The van der Waals surface area contributed by atoms with Crippen LogP contribution < -0.4 is 5.32 Å². The fraction of sp³-hybridized carbons (Fsp3) is 0.316. The van der Waals surface area contributed by atoms with Crippen LogP contribution in [0.3, 0.4) is 0 Å². The largest absolute Gasteiger partial charge is 0.480 e. The van der Waals surface area contributed by atoms with Crippen molar-refractivity contribution < 1.29 is 14.7 Å². The van der Waals surface area contributed by atoms with Crippen LogP contribution >= 0.6 is 0 Å². The number of carbonyl (C=O) groups is 2. The molecule has 0 radical (unpaired) electrons. The number of aromatic nitrogens is 1. The maximum atomic E-state index is 12.1. The van der Waals surface area contributed by atoms with Crippen molar-refractivity contribution in [3.05, 3.63) is 53.9 Å². The van der Waals surface area contributed by atoms with Crippen molar-refractivity contribution in [2.24, 2.45) is 0 Å². The molecule has 0 fully saturated rings. The molecule has 0 bridgehead atoms. The maximum Gasteiger partial charge on any atom is 0.326 e. The molecule has 126 valence electrons. The number of benzene rings is 1. The average molecular weight is 326 g/mol. The third kappa shape index (κ3) is 4.65. The summed E-state index contributed by atoms with van der Waals surface area (Å²) in [7, 11) is 0. The van der Waals surface area contributed by atoms with Gasteiger partial charge in [0.2, 0.25) is 5.91 Å². The van der Waals surface area contributed by atoms with Crippen LogP contribution in [0.4, 0.5) is 0 Å². The van der Waals surface area contributed by atoms with Crippen LogP contribution in [0.15, 0.2) is 42.7 Å². The van der Waals surface area contributed by atoms with Crippen LogP contribution in [0, 0.1) is 6.92 Å². The van der Waals surface area contributed by atoms with Crippen LogP contribution in [-0.4, -0.2) is 28.0 Å². The summed E-state index contributed by atoms with van der Waals surface area (Å²) in [5.74, 6) is -1.31. The number of aliphatic carboxylic acids is 1. The van der Waals surface area contributed by atoms with Crippen LogP contribution in [0.25, 0.3) is 11.1 Å². The van der Waals surface area contributed by atoms with E-state index in [4.69, 9.17) is 5.11 Å². The number of aryl methyl sites for hydroxylation is 1. The standard InChI is InChI=1S/C19H22N2O3/c1-3-6-17(19(23)24)21-18(22)10-14-9-15(12-20-11-14)16-8-5-4-7-13(16)2/h4-5,7-9,11-12,17H,3,6,10H2,1-2H3,(H,21,22)(H,23,24). The Morgan fingerprint density at radius 3 is 2.67 bits per heavy atom.